The first-order chi connectivity index (χ1) is 17.8. The number of alkyl halides is 3. The first-order valence-electron chi connectivity index (χ1n) is 12.5. The van der Waals surface area contributed by atoms with Gasteiger partial charge in [-0.1, -0.05) is 36.4 Å². The second-order valence-corrected chi connectivity index (χ2v) is 10.0. The number of fused-ring (bicyclic) bond motifs is 1. The minimum atomic E-state index is -4.45. The first kappa shape index (κ1) is 23.7. The Bertz CT molecular complexity index is 1450. The van der Waals surface area contributed by atoms with Crippen molar-refractivity contribution in [2.24, 2.45) is 11.8 Å². The maximum atomic E-state index is 13.4. The number of amides is 1. The topological polar surface area (TPSA) is 38.1 Å². The molecule has 190 valence electrons. The molecule has 0 N–H and O–H groups in total. The zero-order chi connectivity index (χ0) is 25.7. The Morgan fingerprint density at radius 3 is 2.19 bits per heavy atom. The highest BCUT2D eigenvalue weighted by Crippen LogP contribution is 2.36. The largest absolute Gasteiger partial charge is 0.416 e. The van der Waals surface area contributed by atoms with Crippen molar-refractivity contribution in [3.63, 3.8) is 0 Å². The summed E-state index contributed by atoms with van der Waals surface area (Å²) < 4.78 is 55.5. The highest BCUT2D eigenvalue weighted by atomic mass is 19.4. The molecule has 2 aliphatic rings. The molecule has 6 rings (SSSR count). The highest BCUT2D eigenvalue weighted by molar-refractivity contribution is 5.82. The average molecular weight is 508 g/mol. The van der Waals surface area contributed by atoms with Crippen molar-refractivity contribution in [2.75, 3.05) is 13.1 Å². The Labute approximate surface area is 211 Å². The van der Waals surface area contributed by atoms with Crippen LogP contribution < -0.4 is 0 Å². The Hall–Kier alpha value is -3.68. The fraction of sp³-hybridized carbons (Fsp3) is 0.310. The summed E-state index contributed by atoms with van der Waals surface area (Å²) in [5.41, 5.74) is 2.73. The van der Waals surface area contributed by atoms with Crippen LogP contribution in [0.3, 0.4) is 0 Å². The lowest BCUT2D eigenvalue weighted by molar-refractivity contribution is -0.137. The molecule has 1 atom stereocenters. The van der Waals surface area contributed by atoms with Crippen molar-refractivity contribution in [3.05, 3.63) is 78.1 Å². The number of rotatable bonds is 5. The third-order valence-electron chi connectivity index (χ3n) is 7.36. The monoisotopic (exact) mass is 507 g/mol. The Morgan fingerprint density at radius 1 is 0.892 bits per heavy atom. The molecule has 4 aromatic rings. The second kappa shape index (κ2) is 9.01. The van der Waals surface area contributed by atoms with Crippen LogP contribution in [0.15, 0.2) is 66.7 Å². The van der Waals surface area contributed by atoms with Crippen LogP contribution in [0.4, 0.5) is 17.6 Å². The molecular weight excluding hydrogens is 482 g/mol. The van der Waals surface area contributed by atoms with Crippen LogP contribution in [0.5, 0.6) is 0 Å². The minimum absolute atomic E-state index is 0.170. The van der Waals surface area contributed by atoms with E-state index in [1.807, 2.05) is 33.7 Å². The van der Waals surface area contributed by atoms with Crippen LogP contribution in [-0.4, -0.2) is 33.4 Å². The van der Waals surface area contributed by atoms with Gasteiger partial charge in [-0.25, -0.2) is 9.37 Å². The summed E-state index contributed by atoms with van der Waals surface area (Å²) in [6.07, 6.45) is -1.68. The van der Waals surface area contributed by atoms with Gasteiger partial charge in [0.25, 0.3) is 0 Å². The molecule has 1 aliphatic carbocycles. The number of likely N-dealkylation sites (tertiary alicyclic amines) is 1. The van der Waals surface area contributed by atoms with Gasteiger partial charge in [0.2, 0.25) is 5.91 Å². The molecule has 1 amide bonds. The minimum Gasteiger partial charge on any atom is -0.342 e. The van der Waals surface area contributed by atoms with E-state index in [-0.39, 0.29) is 29.1 Å². The van der Waals surface area contributed by atoms with Crippen molar-refractivity contribution in [1.29, 1.82) is 0 Å². The summed E-state index contributed by atoms with van der Waals surface area (Å²) in [5.74, 6) is 0.872. The molecule has 37 heavy (non-hydrogen) atoms. The second-order valence-electron chi connectivity index (χ2n) is 10.0. The van der Waals surface area contributed by atoms with Crippen LogP contribution in [-0.2, 0) is 17.5 Å². The SMILES string of the molecule is O=C(C1CC1)N1CC[C@@H](Cn2c(-c3ccc(-c4ccc(F)cc4)cc3)nc3cc(C(F)(F)F)ccc32)C1. The lowest BCUT2D eigenvalue weighted by Gasteiger charge is -2.18. The summed E-state index contributed by atoms with van der Waals surface area (Å²) in [7, 11) is 0. The molecule has 0 unspecified atom stereocenters. The lowest BCUT2D eigenvalue weighted by atomic mass is 10.0. The summed E-state index contributed by atoms with van der Waals surface area (Å²) in [4.78, 5) is 19.1. The fourth-order valence-corrected chi connectivity index (χ4v) is 5.19. The average Bonchev–Trinajstić information content (AvgIpc) is 3.53. The summed E-state index contributed by atoms with van der Waals surface area (Å²) in [6, 6.07) is 17.5. The zero-order valence-electron chi connectivity index (χ0n) is 20.0. The van der Waals surface area contributed by atoms with E-state index in [1.165, 1.54) is 18.2 Å². The molecule has 1 saturated carbocycles. The molecule has 2 heterocycles. The van der Waals surface area contributed by atoms with Crippen LogP contribution in [0, 0.1) is 17.7 Å². The van der Waals surface area contributed by atoms with E-state index in [0.717, 1.165) is 48.1 Å². The quantitative estimate of drug-likeness (QED) is 0.279. The maximum Gasteiger partial charge on any atom is 0.416 e. The third-order valence-corrected chi connectivity index (χ3v) is 7.36. The van der Waals surface area contributed by atoms with Gasteiger partial charge in [-0.05, 0) is 66.6 Å². The smallest absolute Gasteiger partial charge is 0.342 e. The number of imidazole rings is 1. The molecule has 3 aromatic carbocycles. The standard InChI is InChI=1S/C29H25F4N3O/c30-24-10-7-20(8-11-24)19-1-3-21(4-2-19)27-34-25-15-23(29(31,32)33)9-12-26(25)36(27)17-18-13-14-35(16-18)28(37)22-5-6-22/h1-4,7-12,15,18,22H,5-6,13-14,16-17H2/t18-/m1/s1. The van der Waals surface area contributed by atoms with Gasteiger partial charge in [-0.3, -0.25) is 4.79 Å². The Kier molecular flexibility index (Phi) is 5.77. The molecular formula is C29H25F4N3O. The van der Waals surface area contributed by atoms with Crippen molar-refractivity contribution in [1.82, 2.24) is 14.5 Å². The normalized spacial score (nSPS) is 18.1. The van der Waals surface area contributed by atoms with Gasteiger partial charge in [-0.15, -0.1) is 0 Å². The van der Waals surface area contributed by atoms with Gasteiger partial charge in [0, 0.05) is 31.1 Å². The van der Waals surface area contributed by atoms with Crippen molar-refractivity contribution in [2.45, 2.75) is 32.0 Å². The molecule has 2 fully saturated rings. The van der Waals surface area contributed by atoms with Crippen LogP contribution >= 0.6 is 0 Å². The number of carbonyl (C=O) groups is 1. The van der Waals surface area contributed by atoms with E-state index in [2.05, 4.69) is 4.98 Å². The Balaban J connectivity index is 1.35. The predicted molar refractivity (Wildman–Crippen MR) is 133 cm³/mol. The van der Waals surface area contributed by atoms with E-state index < -0.39 is 11.7 Å². The molecule has 0 spiro atoms. The van der Waals surface area contributed by atoms with Crippen LogP contribution in [0.25, 0.3) is 33.5 Å². The number of nitrogens with zero attached hydrogens (tertiary/aromatic N) is 3. The predicted octanol–water partition coefficient (Wildman–Crippen LogP) is 6.79. The molecule has 4 nitrogen and oxygen atoms in total. The number of carbonyl (C=O) groups excluding carboxylic acids is 1. The van der Waals surface area contributed by atoms with Crippen molar-refractivity contribution < 1.29 is 22.4 Å². The molecule has 1 saturated heterocycles. The van der Waals surface area contributed by atoms with Gasteiger partial charge in [0.15, 0.2) is 0 Å². The molecule has 0 radical (unpaired) electrons. The van der Waals surface area contributed by atoms with Crippen LogP contribution in [0.2, 0.25) is 0 Å². The highest BCUT2D eigenvalue weighted by Gasteiger charge is 2.37. The zero-order valence-corrected chi connectivity index (χ0v) is 20.0. The van der Waals surface area contributed by atoms with Crippen molar-refractivity contribution >= 4 is 16.9 Å². The maximum absolute atomic E-state index is 13.4. The van der Waals surface area contributed by atoms with E-state index in [9.17, 15) is 22.4 Å². The molecule has 1 aromatic heterocycles. The van der Waals surface area contributed by atoms with E-state index in [4.69, 9.17) is 0 Å². The van der Waals surface area contributed by atoms with Gasteiger partial charge < -0.3 is 9.47 Å². The van der Waals surface area contributed by atoms with Crippen LogP contribution in [0.1, 0.15) is 24.8 Å². The van der Waals surface area contributed by atoms with Gasteiger partial charge in [-0.2, -0.15) is 13.2 Å². The first-order valence-corrected chi connectivity index (χ1v) is 12.5. The van der Waals surface area contributed by atoms with E-state index >= 15 is 0 Å². The summed E-state index contributed by atoms with van der Waals surface area (Å²) in [5, 5.41) is 0. The lowest BCUT2D eigenvalue weighted by Crippen LogP contribution is -2.30. The number of halogens is 4. The van der Waals surface area contributed by atoms with E-state index in [1.54, 1.807) is 12.1 Å². The van der Waals surface area contributed by atoms with E-state index in [0.29, 0.717) is 31.0 Å². The Morgan fingerprint density at radius 2 is 1.54 bits per heavy atom. The van der Waals surface area contributed by atoms with Gasteiger partial charge in [0.05, 0.1) is 16.6 Å². The summed E-state index contributed by atoms with van der Waals surface area (Å²) in [6.45, 7) is 1.93. The number of aromatic nitrogens is 2. The van der Waals surface area contributed by atoms with Crippen molar-refractivity contribution in [3.8, 4) is 22.5 Å². The third kappa shape index (κ3) is 4.72. The van der Waals surface area contributed by atoms with Gasteiger partial charge >= 0.3 is 6.18 Å². The number of hydrogen-bond acceptors (Lipinski definition) is 2. The number of benzene rings is 3. The molecule has 0 bridgehead atoms. The van der Waals surface area contributed by atoms with Gasteiger partial charge in [0.1, 0.15) is 11.6 Å². The summed E-state index contributed by atoms with van der Waals surface area (Å²) >= 11 is 0. The number of hydrogen-bond donors (Lipinski definition) is 0. The fourth-order valence-electron chi connectivity index (χ4n) is 5.19. The molecule has 8 heteroatoms. The molecule has 1 aliphatic heterocycles.